The summed E-state index contributed by atoms with van der Waals surface area (Å²) in [5.74, 6) is 0.399. The Kier molecular flexibility index (Phi) is 5.14. The van der Waals surface area contributed by atoms with Gasteiger partial charge in [-0.05, 0) is 18.9 Å². The maximum atomic E-state index is 12.5. The summed E-state index contributed by atoms with van der Waals surface area (Å²) in [6, 6.07) is 5.11. The monoisotopic (exact) mass is 287 g/mol. The fourth-order valence-electron chi connectivity index (χ4n) is 2.39. The molecule has 1 aliphatic heterocycles. The van der Waals surface area contributed by atoms with Gasteiger partial charge in [-0.1, -0.05) is 12.1 Å². The van der Waals surface area contributed by atoms with Crippen LogP contribution in [0, 0.1) is 0 Å². The van der Waals surface area contributed by atoms with Crippen LogP contribution >= 0.6 is 0 Å². The molecule has 1 N–H and O–H groups in total. The van der Waals surface area contributed by atoms with Crippen LogP contribution in [0.4, 0.5) is 8.78 Å². The smallest absolute Gasteiger partial charge is 0.387 e. The van der Waals surface area contributed by atoms with Gasteiger partial charge in [-0.3, -0.25) is 4.90 Å². The van der Waals surface area contributed by atoms with Gasteiger partial charge in [0.15, 0.2) is 11.5 Å². The molecule has 1 heterocycles. The number of nitrogens with zero attached hydrogens (tertiary/aromatic N) is 1. The SMILES string of the molecule is COc1cccc(CN2CCC(O)CC2)c1OC(F)F. The van der Waals surface area contributed by atoms with Gasteiger partial charge in [0.1, 0.15) is 0 Å². The van der Waals surface area contributed by atoms with Crippen LogP contribution in [0.5, 0.6) is 11.5 Å². The second kappa shape index (κ2) is 6.85. The van der Waals surface area contributed by atoms with E-state index in [2.05, 4.69) is 9.64 Å². The van der Waals surface area contributed by atoms with Crippen LogP contribution in [0.2, 0.25) is 0 Å². The molecule has 0 aromatic heterocycles. The van der Waals surface area contributed by atoms with E-state index in [1.165, 1.54) is 7.11 Å². The molecule has 0 amide bonds. The molecular weight excluding hydrogens is 268 g/mol. The largest absolute Gasteiger partial charge is 0.493 e. The highest BCUT2D eigenvalue weighted by molar-refractivity contribution is 5.46. The highest BCUT2D eigenvalue weighted by Crippen LogP contribution is 2.33. The zero-order valence-electron chi connectivity index (χ0n) is 11.4. The van der Waals surface area contributed by atoms with Crippen LogP contribution in [0.3, 0.4) is 0 Å². The number of ether oxygens (including phenoxy) is 2. The average molecular weight is 287 g/mol. The quantitative estimate of drug-likeness (QED) is 0.902. The number of piperidine rings is 1. The molecule has 1 aliphatic rings. The van der Waals surface area contributed by atoms with Gasteiger partial charge in [-0.15, -0.1) is 0 Å². The molecule has 0 atom stereocenters. The summed E-state index contributed by atoms with van der Waals surface area (Å²) >= 11 is 0. The highest BCUT2D eigenvalue weighted by Gasteiger charge is 2.21. The summed E-state index contributed by atoms with van der Waals surface area (Å²) in [6.45, 7) is -0.890. The van der Waals surface area contributed by atoms with Gasteiger partial charge in [-0.25, -0.2) is 0 Å². The molecular formula is C14H19F2NO3. The van der Waals surface area contributed by atoms with Crippen molar-refractivity contribution in [3.8, 4) is 11.5 Å². The van der Waals surface area contributed by atoms with E-state index in [0.29, 0.717) is 30.7 Å². The number of rotatable bonds is 5. The molecule has 0 bridgehead atoms. The fraction of sp³-hybridized carbons (Fsp3) is 0.571. The van der Waals surface area contributed by atoms with Crippen molar-refractivity contribution in [2.75, 3.05) is 20.2 Å². The van der Waals surface area contributed by atoms with Crippen molar-refractivity contribution in [3.63, 3.8) is 0 Å². The molecule has 1 aromatic rings. The molecule has 0 saturated carbocycles. The van der Waals surface area contributed by atoms with Gasteiger partial charge in [0.05, 0.1) is 13.2 Å². The summed E-state index contributed by atoms with van der Waals surface area (Å²) in [6.07, 6.45) is 1.15. The number of benzene rings is 1. The molecule has 112 valence electrons. The first kappa shape index (κ1) is 15.0. The molecule has 4 nitrogen and oxygen atoms in total. The molecule has 1 fully saturated rings. The maximum absolute atomic E-state index is 12.5. The van der Waals surface area contributed by atoms with Crippen LogP contribution in [-0.2, 0) is 6.54 Å². The van der Waals surface area contributed by atoms with E-state index in [-0.39, 0.29) is 11.9 Å². The number of likely N-dealkylation sites (tertiary alicyclic amines) is 1. The fourth-order valence-corrected chi connectivity index (χ4v) is 2.39. The first-order valence-corrected chi connectivity index (χ1v) is 6.61. The van der Waals surface area contributed by atoms with Crippen molar-refractivity contribution in [1.29, 1.82) is 0 Å². The minimum absolute atomic E-state index is 0.0936. The minimum Gasteiger partial charge on any atom is -0.493 e. The number of hydrogen-bond acceptors (Lipinski definition) is 4. The summed E-state index contributed by atoms with van der Waals surface area (Å²) in [5.41, 5.74) is 0.668. The molecule has 1 aromatic carbocycles. The number of aliphatic hydroxyl groups is 1. The van der Waals surface area contributed by atoms with E-state index < -0.39 is 6.61 Å². The molecule has 6 heteroatoms. The highest BCUT2D eigenvalue weighted by atomic mass is 19.3. The van der Waals surface area contributed by atoms with E-state index in [1.54, 1.807) is 18.2 Å². The summed E-state index contributed by atoms with van der Waals surface area (Å²) in [7, 11) is 1.43. The molecule has 0 radical (unpaired) electrons. The number of methoxy groups -OCH3 is 1. The average Bonchev–Trinajstić information content (AvgIpc) is 2.42. The summed E-state index contributed by atoms with van der Waals surface area (Å²) in [4.78, 5) is 2.11. The van der Waals surface area contributed by atoms with E-state index >= 15 is 0 Å². The van der Waals surface area contributed by atoms with Crippen molar-refractivity contribution in [3.05, 3.63) is 23.8 Å². The molecule has 1 saturated heterocycles. The van der Waals surface area contributed by atoms with Crippen LogP contribution < -0.4 is 9.47 Å². The Morgan fingerprint density at radius 2 is 2.05 bits per heavy atom. The van der Waals surface area contributed by atoms with Crippen molar-refractivity contribution < 1.29 is 23.4 Å². The number of para-hydroxylation sites is 1. The Bertz CT molecular complexity index is 434. The van der Waals surface area contributed by atoms with Crippen molar-refractivity contribution in [2.24, 2.45) is 0 Å². The third kappa shape index (κ3) is 3.80. The Morgan fingerprint density at radius 3 is 2.65 bits per heavy atom. The van der Waals surface area contributed by atoms with Crippen LogP contribution in [0.15, 0.2) is 18.2 Å². The lowest BCUT2D eigenvalue weighted by Gasteiger charge is -2.30. The van der Waals surface area contributed by atoms with Gasteiger partial charge in [-0.2, -0.15) is 8.78 Å². The number of alkyl halides is 2. The maximum Gasteiger partial charge on any atom is 0.387 e. The van der Waals surface area contributed by atoms with Gasteiger partial charge < -0.3 is 14.6 Å². The summed E-state index contributed by atoms with van der Waals surface area (Å²) < 4.78 is 34.7. The van der Waals surface area contributed by atoms with Gasteiger partial charge in [0.25, 0.3) is 0 Å². The zero-order valence-corrected chi connectivity index (χ0v) is 11.4. The van der Waals surface area contributed by atoms with Crippen LogP contribution in [0.1, 0.15) is 18.4 Å². The second-order valence-corrected chi connectivity index (χ2v) is 4.83. The normalized spacial score (nSPS) is 17.4. The molecule has 20 heavy (non-hydrogen) atoms. The van der Waals surface area contributed by atoms with Gasteiger partial charge in [0, 0.05) is 25.2 Å². The first-order chi connectivity index (χ1) is 9.60. The lowest BCUT2D eigenvalue weighted by Crippen LogP contribution is -2.35. The number of hydrogen-bond donors (Lipinski definition) is 1. The summed E-state index contributed by atoms with van der Waals surface area (Å²) in [5, 5.41) is 9.48. The lowest BCUT2D eigenvalue weighted by molar-refractivity contribution is -0.0522. The van der Waals surface area contributed by atoms with Crippen LogP contribution in [-0.4, -0.2) is 42.9 Å². The molecule has 0 unspecified atom stereocenters. The predicted octanol–water partition coefficient (Wildman–Crippen LogP) is 2.25. The third-order valence-electron chi connectivity index (χ3n) is 3.44. The minimum atomic E-state index is -2.88. The van der Waals surface area contributed by atoms with Gasteiger partial charge >= 0.3 is 6.61 Å². The molecule has 0 spiro atoms. The predicted molar refractivity (Wildman–Crippen MR) is 70.1 cm³/mol. The Labute approximate surface area is 116 Å². The third-order valence-corrected chi connectivity index (χ3v) is 3.44. The first-order valence-electron chi connectivity index (χ1n) is 6.61. The second-order valence-electron chi connectivity index (χ2n) is 4.83. The topological polar surface area (TPSA) is 41.9 Å². The van der Waals surface area contributed by atoms with Crippen molar-refractivity contribution >= 4 is 0 Å². The van der Waals surface area contributed by atoms with E-state index in [4.69, 9.17) is 4.74 Å². The van der Waals surface area contributed by atoms with Crippen LogP contribution in [0.25, 0.3) is 0 Å². The lowest BCUT2D eigenvalue weighted by atomic mass is 10.1. The standard InChI is InChI=1S/C14H19F2NO3/c1-19-12-4-2-3-10(13(12)20-14(15)16)9-17-7-5-11(18)6-8-17/h2-4,11,14,18H,5-9H2,1H3. The number of aliphatic hydroxyl groups excluding tert-OH is 1. The van der Waals surface area contributed by atoms with E-state index in [1.807, 2.05) is 0 Å². The van der Waals surface area contributed by atoms with E-state index in [0.717, 1.165) is 13.1 Å². The molecule has 2 rings (SSSR count). The Hall–Kier alpha value is -1.40. The van der Waals surface area contributed by atoms with Crippen molar-refractivity contribution in [1.82, 2.24) is 4.90 Å². The number of halogens is 2. The Morgan fingerprint density at radius 1 is 1.35 bits per heavy atom. The zero-order chi connectivity index (χ0) is 14.5. The van der Waals surface area contributed by atoms with Gasteiger partial charge in [0.2, 0.25) is 0 Å². The Balaban J connectivity index is 2.13. The van der Waals surface area contributed by atoms with E-state index in [9.17, 15) is 13.9 Å². The molecule has 0 aliphatic carbocycles. The van der Waals surface area contributed by atoms with Crippen molar-refractivity contribution in [2.45, 2.75) is 32.1 Å².